The van der Waals surface area contributed by atoms with E-state index >= 15 is 0 Å². The molecule has 37 heavy (non-hydrogen) atoms. The second kappa shape index (κ2) is 11.4. The van der Waals surface area contributed by atoms with Gasteiger partial charge in [0.1, 0.15) is 11.8 Å². The number of hydrogen-bond donors (Lipinski definition) is 2. The summed E-state index contributed by atoms with van der Waals surface area (Å²) in [5, 5.41) is 3.52. The van der Waals surface area contributed by atoms with Crippen molar-refractivity contribution in [3.8, 4) is 5.75 Å². The van der Waals surface area contributed by atoms with Gasteiger partial charge in [-0.15, -0.1) is 0 Å². The van der Waals surface area contributed by atoms with Gasteiger partial charge in [0.15, 0.2) is 0 Å². The van der Waals surface area contributed by atoms with Gasteiger partial charge in [-0.3, -0.25) is 14.5 Å². The highest BCUT2D eigenvalue weighted by Gasteiger charge is 2.41. The predicted octanol–water partition coefficient (Wildman–Crippen LogP) is 5.11. The van der Waals surface area contributed by atoms with Crippen LogP contribution in [0.25, 0.3) is 10.9 Å². The molecule has 7 nitrogen and oxygen atoms in total. The fourth-order valence-electron chi connectivity index (χ4n) is 4.92. The number of aromatic amines is 1. The van der Waals surface area contributed by atoms with Gasteiger partial charge < -0.3 is 19.6 Å². The first-order valence-corrected chi connectivity index (χ1v) is 12.3. The Morgan fingerprint density at radius 2 is 1.89 bits per heavy atom. The molecule has 0 spiro atoms. The number of fused-ring (bicyclic) bond motifs is 1. The molecular weight excluding hydrogens is 485 g/mol. The first-order chi connectivity index (χ1) is 17.4. The number of halogens is 3. The Labute approximate surface area is 214 Å². The number of amides is 1. The molecule has 0 unspecified atom stereocenters. The van der Waals surface area contributed by atoms with Crippen LogP contribution in [0.15, 0.2) is 35.1 Å². The van der Waals surface area contributed by atoms with Crippen molar-refractivity contribution >= 4 is 16.8 Å². The molecule has 2 heterocycles. The van der Waals surface area contributed by atoms with E-state index in [0.29, 0.717) is 40.2 Å². The number of nitrogens with zero attached hydrogens (tertiary/aromatic N) is 2. The number of para-hydroxylation sites is 1. The van der Waals surface area contributed by atoms with Gasteiger partial charge in [-0.05, 0) is 59.3 Å². The first-order valence-electron chi connectivity index (χ1n) is 12.3. The van der Waals surface area contributed by atoms with Gasteiger partial charge in [0.05, 0.1) is 24.8 Å². The molecule has 0 bridgehead atoms. The van der Waals surface area contributed by atoms with Gasteiger partial charge in [-0.2, -0.15) is 13.2 Å². The number of carbonyl (C=O) groups is 1. The smallest absolute Gasteiger partial charge is 0.404 e. The minimum absolute atomic E-state index is 0.0390. The highest BCUT2D eigenvalue weighted by Crippen LogP contribution is 2.34. The summed E-state index contributed by atoms with van der Waals surface area (Å²) in [6.07, 6.45) is -4.10. The molecule has 0 saturated heterocycles. The normalized spacial score (nSPS) is 13.7. The molecule has 0 aliphatic carbocycles. The van der Waals surface area contributed by atoms with Crippen molar-refractivity contribution < 1.29 is 22.7 Å². The van der Waals surface area contributed by atoms with Gasteiger partial charge in [-0.1, -0.05) is 25.1 Å². The van der Waals surface area contributed by atoms with E-state index in [1.54, 1.807) is 26.8 Å². The van der Waals surface area contributed by atoms with Crippen molar-refractivity contribution in [2.75, 3.05) is 20.7 Å². The van der Waals surface area contributed by atoms with Crippen molar-refractivity contribution in [3.63, 3.8) is 0 Å². The minimum Gasteiger partial charge on any atom is -0.496 e. The van der Waals surface area contributed by atoms with Crippen molar-refractivity contribution in [2.24, 2.45) is 0 Å². The molecule has 0 aliphatic rings. The monoisotopic (exact) mass is 520 g/mol. The lowest BCUT2D eigenvalue weighted by Gasteiger charge is -2.30. The van der Waals surface area contributed by atoms with Crippen molar-refractivity contribution in [1.29, 1.82) is 0 Å². The minimum atomic E-state index is -4.32. The highest BCUT2D eigenvalue weighted by atomic mass is 19.4. The Hall–Kier alpha value is -3.27. The van der Waals surface area contributed by atoms with Crippen LogP contribution in [0.3, 0.4) is 0 Å². The summed E-state index contributed by atoms with van der Waals surface area (Å²) in [5.74, 6) is 0.00570. The molecule has 2 atom stereocenters. The van der Waals surface area contributed by atoms with Crippen LogP contribution < -0.4 is 15.6 Å². The van der Waals surface area contributed by atoms with Crippen LogP contribution >= 0.6 is 0 Å². The molecule has 3 aromatic rings. The standard InChI is InChI=1S/C27H35F3N4O3/c1-7-33(5)23(27(28,29)30)13-12-17(3)34-18(4)24(19-10-8-9-11-21(19)34)26(36)31-15-20-22(37-6)14-16(2)32-25(20)35/h8-11,14,17,23H,7,12-13,15H2,1-6H3,(H,31,36)(H,32,35)/t17-,23-/m1/s1. The molecule has 0 radical (unpaired) electrons. The van der Waals surface area contributed by atoms with Crippen LogP contribution in [0.1, 0.15) is 60.0 Å². The zero-order valence-corrected chi connectivity index (χ0v) is 22.1. The molecule has 1 amide bonds. The van der Waals surface area contributed by atoms with Crippen molar-refractivity contribution in [3.05, 3.63) is 63.2 Å². The highest BCUT2D eigenvalue weighted by molar-refractivity contribution is 6.08. The topological polar surface area (TPSA) is 79.4 Å². The average Bonchev–Trinajstić information content (AvgIpc) is 3.13. The molecule has 0 saturated carbocycles. The Morgan fingerprint density at radius 3 is 2.51 bits per heavy atom. The molecule has 10 heteroatoms. The molecule has 0 fully saturated rings. The number of rotatable bonds is 10. The first kappa shape index (κ1) is 28.3. The number of nitrogens with one attached hydrogen (secondary N) is 2. The lowest BCUT2D eigenvalue weighted by atomic mass is 10.0. The van der Waals surface area contributed by atoms with Gasteiger partial charge >= 0.3 is 6.18 Å². The van der Waals surface area contributed by atoms with Gasteiger partial charge in [0, 0.05) is 28.3 Å². The number of H-pyrrole nitrogens is 1. The summed E-state index contributed by atoms with van der Waals surface area (Å²) in [6, 6.07) is 7.22. The fraction of sp³-hybridized carbons (Fsp3) is 0.481. The number of benzene rings is 1. The molecule has 2 aromatic heterocycles. The van der Waals surface area contributed by atoms with Gasteiger partial charge in [0.25, 0.3) is 11.5 Å². The second-order valence-corrected chi connectivity index (χ2v) is 9.42. The summed E-state index contributed by atoms with van der Waals surface area (Å²) < 4.78 is 48.2. The Kier molecular flexibility index (Phi) is 8.73. The molecule has 1 aromatic carbocycles. The van der Waals surface area contributed by atoms with Gasteiger partial charge in [-0.25, -0.2) is 0 Å². The largest absolute Gasteiger partial charge is 0.496 e. The third kappa shape index (κ3) is 6.01. The number of aryl methyl sites for hydroxylation is 1. The molecular formula is C27H35F3N4O3. The zero-order chi connectivity index (χ0) is 27.5. The predicted molar refractivity (Wildman–Crippen MR) is 138 cm³/mol. The van der Waals surface area contributed by atoms with Crippen LogP contribution in [0.5, 0.6) is 5.75 Å². The molecule has 202 valence electrons. The van der Waals surface area contributed by atoms with Crippen LogP contribution in [0.4, 0.5) is 13.2 Å². The number of hydrogen-bond acceptors (Lipinski definition) is 4. The maximum absolute atomic E-state index is 13.6. The lowest BCUT2D eigenvalue weighted by molar-refractivity contribution is -0.182. The number of methoxy groups -OCH3 is 1. The van der Waals surface area contributed by atoms with E-state index in [0.717, 1.165) is 5.52 Å². The van der Waals surface area contributed by atoms with E-state index in [4.69, 9.17) is 4.74 Å². The van der Waals surface area contributed by atoms with E-state index in [9.17, 15) is 22.8 Å². The maximum atomic E-state index is 13.6. The number of pyridine rings is 1. The Balaban J connectivity index is 1.90. The summed E-state index contributed by atoms with van der Waals surface area (Å²) in [7, 11) is 2.94. The lowest BCUT2D eigenvalue weighted by Crippen LogP contribution is -2.43. The van der Waals surface area contributed by atoms with Crippen molar-refractivity contribution in [1.82, 2.24) is 19.8 Å². The third-order valence-electron chi connectivity index (χ3n) is 6.97. The van der Waals surface area contributed by atoms with E-state index in [1.165, 1.54) is 19.1 Å². The fourth-order valence-corrected chi connectivity index (χ4v) is 4.92. The average molecular weight is 521 g/mol. The van der Waals surface area contributed by atoms with E-state index in [2.05, 4.69) is 10.3 Å². The second-order valence-electron chi connectivity index (χ2n) is 9.42. The Morgan fingerprint density at radius 1 is 1.22 bits per heavy atom. The number of aromatic nitrogens is 2. The maximum Gasteiger partial charge on any atom is 0.404 e. The van der Waals surface area contributed by atoms with Crippen LogP contribution in [0.2, 0.25) is 0 Å². The van der Waals surface area contributed by atoms with Crippen LogP contribution in [-0.2, 0) is 6.54 Å². The third-order valence-corrected chi connectivity index (χ3v) is 6.97. The Bertz CT molecular complexity index is 1310. The van der Waals surface area contributed by atoms with Crippen molar-refractivity contribution in [2.45, 2.75) is 65.3 Å². The zero-order valence-electron chi connectivity index (χ0n) is 22.1. The number of ether oxygens (including phenoxy) is 1. The number of alkyl halides is 3. The van der Waals surface area contributed by atoms with Gasteiger partial charge in [0.2, 0.25) is 0 Å². The summed E-state index contributed by atoms with van der Waals surface area (Å²) in [5.41, 5.74) is 2.46. The quantitative estimate of drug-likeness (QED) is 0.390. The molecule has 3 rings (SSSR count). The molecule has 0 aliphatic heterocycles. The van der Waals surface area contributed by atoms with E-state index in [1.807, 2.05) is 35.8 Å². The van der Waals surface area contributed by atoms with E-state index in [-0.39, 0.29) is 36.9 Å². The summed E-state index contributed by atoms with van der Waals surface area (Å²) >= 11 is 0. The van der Waals surface area contributed by atoms with E-state index < -0.39 is 12.2 Å². The summed E-state index contributed by atoms with van der Waals surface area (Å²) in [4.78, 5) is 29.8. The number of carbonyl (C=O) groups excluding carboxylic acids is 1. The SMILES string of the molecule is CCN(C)[C@H](CC[C@@H](C)n1c(C)c(C(=O)NCc2c(OC)cc(C)[nH]c2=O)c2ccccc21)C(F)(F)F. The van der Waals surface area contributed by atoms with Crippen LogP contribution in [-0.4, -0.2) is 53.3 Å². The molecule has 2 N–H and O–H groups in total. The van der Waals surface area contributed by atoms with Crippen LogP contribution in [0, 0.1) is 13.8 Å². The summed E-state index contributed by atoms with van der Waals surface area (Å²) in [6.45, 7) is 7.37.